The van der Waals surface area contributed by atoms with Gasteiger partial charge in [-0.3, -0.25) is 9.59 Å². The van der Waals surface area contributed by atoms with E-state index in [0.29, 0.717) is 36.5 Å². The van der Waals surface area contributed by atoms with Gasteiger partial charge in [0.1, 0.15) is 11.5 Å². The Kier molecular flexibility index (Phi) is 9.74. The highest BCUT2D eigenvalue weighted by Crippen LogP contribution is 2.35. The van der Waals surface area contributed by atoms with Crippen LogP contribution in [0.15, 0.2) is 55.1 Å². The first-order valence-electron chi connectivity index (χ1n) is 11.0. The van der Waals surface area contributed by atoms with E-state index in [9.17, 15) is 9.59 Å². The van der Waals surface area contributed by atoms with Crippen molar-refractivity contribution in [2.45, 2.75) is 33.1 Å². The number of hydrogen-bond acceptors (Lipinski definition) is 4. The maximum absolute atomic E-state index is 12.8. The first kappa shape index (κ1) is 24.9. The Bertz CT molecular complexity index is 958. The number of rotatable bonds is 12. The fourth-order valence-corrected chi connectivity index (χ4v) is 3.10. The van der Waals surface area contributed by atoms with Gasteiger partial charge in [0, 0.05) is 25.2 Å². The summed E-state index contributed by atoms with van der Waals surface area (Å²) in [7, 11) is 3.39. The lowest BCUT2D eigenvalue weighted by Gasteiger charge is -2.17. The summed E-state index contributed by atoms with van der Waals surface area (Å²) in [5.41, 5.74) is 2.79. The van der Waals surface area contributed by atoms with Crippen LogP contribution in [0.4, 0.5) is 0 Å². The number of nitrogens with zero attached hydrogens (tertiary/aromatic N) is 1. The SMILES string of the molecule is C=CCc1ccc(OCCC)c(C=CC(=O)c2ccc(C(=O)N(C)C)cc2)c1OCCC. The molecule has 0 bridgehead atoms. The number of ether oxygens (including phenoxy) is 2. The van der Waals surface area contributed by atoms with Crippen molar-refractivity contribution in [1.29, 1.82) is 0 Å². The van der Waals surface area contributed by atoms with Gasteiger partial charge in [-0.2, -0.15) is 0 Å². The quantitative estimate of drug-likeness (QED) is 0.248. The molecule has 5 nitrogen and oxygen atoms in total. The molecule has 0 aliphatic carbocycles. The van der Waals surface area contributed by atoms with Gasteiger partial charge in [-0.25, -0.2) is 0 Å². The van der Waals surface area contributed by atoms with E-state index in [1.54, 1.807) is 44.4 Å². The van der Waals surface area contributed by atoms with Gasteiger partial charge in [0.15, 0.2) is 5.78 Å². The third-order valence-electron chi connectivity index (χ3n) is 4.74. The van der Waals surface area contributed by atoms with Crippen molar-refractivity contribution in [3.05, 3.63) is 77.4 Å². The van der Waals surface area contributed by atoms with E-state index in [4.69, 9.17) is 9.47 Å². The Morgan fingerprint density at radius 3 is 2.16 bits per heavy atom. The summed E-state index contributed by atoms with van der Waals surface area (Å²) in [5, 5.41) is 0. The summed E-state index contributed by atoms with van der Waals surface area (Å²) in [6.45, 7) is 9.07. The summed E-state index contributed by atoms with van der Waals surface area (Å²) in [4.78, 5) is 26.4. The summed E-state index contributed by atoms with van der Waals surface area (Å²) < 4.78 is 12.0. The van der Waals surface area contributed by atoms with Crippen LogP contribution >= 0.6 is 0 Å². The summed E-state index contributed by atoms with van der Waals surface area (Å²) >= 11 is 0. The molecule has 0 saturated carbocycles. The summed E-state index contributed by atoms with van der Waals surface area (Å²) in [6.07, 6.45) is 7.50. The van der Waals surface area contributed by atoms with E-state index >= 15 is 0 Å². The van der Waals surface area contributed by atoms with Gasteiger partial charge in [-0.15, -0.1) is 6.58 Å². The fraction of sp³-hybridized carbons (Fsp3) is 0.333. The monoisotopic (exact) mass is 435 g/mol. The molecule has 2 rings (SSSR count). The number of benzene rings is 2. The minimum atomic E-state index is -0.161. The molecule has 0 unspecified atom stereocenters. The molecule has 1 amide bonds. The molecule has 0 spiro atoms. The molecular formula is C27H33NO4. The molecular weight excluding hydrogens is 402 g/mol. The highest BCUT2D eigenvalue weighted by Gasteiger charge is 2.15. The van der Waals surface area contributed by atoms with Crippen LogP contribution in [0.5, 0.6) is 11.5 Å². The molecule has 2 aromatic rings. The average Bonchev–Trinajstić information content (AvgIpc) is 2.80. The smallest absolute Gasteiger partial charge is 0.253 e. The predicted molar refractivity (Wildman–Crippen MR) is 130 cm³/mol. The average molecular weight is 436 g/mol. The first-order chi connectivity index (χ1) is 15.4. The van der Waals surface area contributed by atoms with Gasteiger partial charge >= 0.3 is 0 Å². The zero-order valence-corrected chi connectivity index (χ0v) is 19.5. The molecule has 2 aromatic carbocycles. The molecule has 0 radical (unpaired) electrons. The predicted octanol–water partition coefficient (Wildman–Crippen LogP) is 5.59. The van der Waals surface area contributed by atoms with E-state index in [0.717, 1.165) is 29.7 Å². The number of carbonyl (C=O) groups is 2. The minimum Gasteiger partial charge on any atom is -0.493 e. The highest BCUT2D eigenvalue weighted by atomic mass is 16.5. The molecule has 0 heterocycles. The van der Waals surface area contributed by atoms with E-state index in [1.807, 2.05) is 32.1 Å². The van der Waals surface area contributed by atoms with Crippen LogP contribution in [0.25, 0.3) is 6.08 Å². The number of carbonyl (C=O) groups excluding carboxylic acids is 2. The zero-order chi connectivity index (χ0) is 23.5. The van der Waals surface area contributed by atoms with Gasteiger partial charge in [0.2, 0.25) is 0 Å². The molecule has 0 fully saturated rings. The number of hydrogen-bond donors (Lipinski definition) is 0. The van der Waals surface area contributed by atoms with E-state index in [2.05, 4.69) is 6.58 Å². The normalized spacial score (nSPS) is 10.8. The Morgan fingerprint density at radius 1 is 0.938 bits per heavy atom. The minimum absolute atomic E-state index is 0.103. The summed E-state index contributed by atoms with van der Waals surface area (Å²) in [6, 6.07) is 10.6. The number of ketones is 1. The van der Waals surface area contributed by atoms with Crippen LogP contribution in [-0.2, 0) is 6.42 Å². The number of amides is 1. The van der Waals surface area contributed by atoms with Crippen LogP contribution in [-0.4, -0.2) is 43.9 Å². The fourth-order valence-electron chi connectivity index (χ4n) is 3.10. The molecule has 32 heavy (non-hydrogen) atoms. The van der Waals surface area contributed by atoms with Gasteiger partial charge < -0.3 is 14.4 Å². The van der Waals surface area contributed by atoms with Crippen molar-refractivity contribution in [2.24, 2.45) is 0 Å². The zero-order valence-electron chi connectivity index (χ0n) is 19.5. The molecule has 170 valence electrons. The van der Waals surface area contributed by atoms with Gasteiger partial charge in [-0.1, -0.05) is 38.1 Å². The van der Waals surface area contributed by atoms with Crippen LogP contribution < -0.4 is 9.47 Å². The van der Waals surface area contributed by atoms with Crippen LogP contribution in [0.2, 0.25) is 0 Å². The molecule has 0 aromatic heterocycles. The van der Waals surface area contributed by atoms with Gasteiger partial charge in [0.05, 0.1) is 18.8 Å². The van der Waals surface area contributed by atoms with Crippen molar-refractivity contribution in [3.63, 3.8) is 0 Å². The lowest BCUT2D eigenvalue weighted by atomic mass is 10.0. The van der Waals surface area contributed by atoms with Gasteiger partial charge in [0.25, 0.3) is 5.91 Å². The second kappa shape index (κ2) is 12.5. The Hall–Kier alpha value is -3.34. The topological polar surface area (TPSA) is 55.8 Å². The van der Waals surface area contributed by atoms with E-state index < -0.39 is 0 Å². The van der Waals surface area contributed by atoms with Crippen LogP contribution in [0.1, 0.15) is 58.5 Å². The lowest BCUT2D eigenvalue weighted by Crippen LogP contribution is -2.21. The van der Waals surface area contributed by atoms with Gasteiger partial charge in [-0.05, 0) is 55.2 Å². The van der Waals surface area contributed by atoms with Crippen molar-refractivity contribution >= 4 is 17.8 Å². The number of allylic oxidation sites excluding steroid dienone is 2. The standard InChI is InChI=1S/C27H33NO4/c1-6-9-21-14-17-25(31-18-7-2)23(26(21)32-19-8-3)15-16-24(29)20-10-12-22(13-11-20)27(30)28(4)5/h6,10-17H,1,7-9,18-19H2,2-5H3. The third-order valence-corrected chi connectivity index (χ3v) is 4.74. The van der Waals surface area contributed by atoms with Crippen molar-refractivity contribution < 1.29 is 19.1 Å². The molecule has 0 aliphatic rings. The molecule has 0 atom stereocenters. The second-order valence-electron chi connectivity index (χ2n) is 7.63. The maximum Gasteiger partial charge on any atom is 0.253 e. The lowest BCUT2D eigenvalue weighted by molar-refractivity contribution is 0.0827. The highest BCUT2D eigenvalue weighted by molar-refractivity contribution is 6.07. The Labute approximate surface area is 191 Å². The molecule has 0 N–H and O–H groups in total. The molecule has 5 heteroatoms. The van der Waals surface area contributed by atoms with E-state index in [-0.39, 0.29) is 11.7 Å². The van der Waals surface area contributed by atoms with Crippen molar-refractivity contribution in [3.8, 4) is 11.5 Å². The largest absolute Gasteiger partial charge is 0.493 e. The van der Waals surface area contributed by atoms with Crippen molar-refractivity contribution in [2.75, 3.05) is 27.3 Å². The Morgan fingerprint density at radius 2 is 1.56 bits per heavy atom. The Balaban J connectivity index is 2.38. The maximum atomic E-state index is 12.8. The van der Waals surface area contributed by atoms with E-state index in [1.165, 1.54) is 11.0 Å². The molecule has 0 saturated heterocycles. The van der Waals surface area contributed by atoms with Crippen LogP contribution in [0, 0.1) is 0 Å². The summed E-state index contributed by atoms with van der Waals surface area (Å²) in [5.74, 6) is 1.14. The third kappa shape index (κ3) is 6.58. The second-order valence-corrected chi connectivity index (χ2v) is 7.63. The van der Waals surface area contributed by atoms with Crippen molar-refractivity contribution in [1.82, 2.24) is 4.90 Å². The molecule has 0 aliphatic heterocycles. The first-order valence-corrected chi connectivity index (χ1v) is 11.0. The van der Waals surface area contributed by atoms with Crippen LogP contribution in [0.3, 0.4) is 0 Å².